The lowest BCUT2D eigenvalue weighted by atomic mass is 10.1. The number of hydrogen-bond acceptors (Lipinski definition) is 1. The average Bonchev–Trinajstić information content (AvgIpc) is 3.14. The highest BCUT2D eigenvalue weighted by Gasteiger charge is 2.21. The van der Waals surface area contributed by atoms with Crippen molar-refractivity contribution in [1.82, 2.24) is 14.8 Å². The van der Waals surface area contributed by atoms with E-state index in [1.807, 2.05) is 7.05 Å². The van der Waals surface area contributed by atoms with Gasteiger partial charge in [0.25, 0.3) is 0 Å². The lowest BCUT2D eigenvalue weighted by Crippen LogP contribution is -2.41. The zero-order valence-corrected chi connectivity index (χ0v) is 14.3. The minimum Gasteiger partial charge on any atom is -0.356 e. The predicted octanol–water partition coefficient (Wildman–Crippen LogP) is 2.45. The molecule has 0 unspecified atom stereocenters. The van der Waals surface area contributed by atoms with Gasteiger partial charge in [-0.2, -0.15) is 0 Å². The molecule has 0 aliphatic heterocycles. The molecule has 1 aliphatic carbocycles. The van der Waals surface area contributed by atoms with E-state index in [1.54, 1.807) is 0 Å². The first-order chi connectivity index (χ1) is 11.2. The Morgan fingerprint density at radius 1 is 1.22 bits per heavy atom. The Morgan fingerprint density at radius 2 is 1.91 bits per heavy atom. The van der Waals surface area contributed by atoms with Crippen molar-refractivity contribution >= 4 is 5.96 Å². The summed E-state index contributed by atoms with van der Waals surface area (Å²) in [6.07, 6.45) is 4.42. The summed E-state index contributed by atoms with van der Waals surface area (Å²) < 4.78 is 2.15. The lowest BCUT2D eigenvalue weighted by molar-refractivity contribution is 0.447. The minimum absolute atomic E-state index is 0.660. The molecule has 23 heavy (non-hydrogen) atoms. The van der Waals surface area contributed by atoms with Crippen molar-refractivity contribution in [3.05, 3.63) is 59.4 Å². The number of nitrogens with one attached hydrogen (secondary N) is 1. The van der Waals surface area contributed by atoms with Gasteiger partial charge >= 0.3 is 0 Å². The number of fused-ring (bicyclic) bond motifs is 1. The molecule has 0 saturated carbocycles. The zero-order valence-electron chi connectivity index (χ0n) is 14.3. The van der Waals surface area contributed by atoms with Crippen LogP contribution in [0.3, 0.4) is 0 Å². The van der Waals surface area contributed by atoms with Crippen LogP contribution in [0.25, 0.3) is 0 Å². The molecule has 3 rings (SSSR count). The van der Waals surface area contributed by atoms with E-state index in [2.05, 4.69) is 76.5 Å². The van der Waals surface area contributed by atoms with Gasteiger partial charge in [-0.3, -0.25) is 4.99 Å². The van der Waals surface area contributed by atoms with Gasteiger partial charge in [-0.15, -0.1) is 0 Å². The van der Waals surface area contributed by atoms with E-state index < -0.39 is 0 Å². The Bertz CT molecular complexity index is 661. The van der Waals surface area contributed by atoms with E-state index in [0.29, 0.717) is 5.92 Å². The molecule has 1 N–H and O–H groups in total. The summed E-state index contributed by atoms with van der Waals surface area (Å²) in [6, 6.07) is 13.0. The van der Waals surface area contributed by atoms with E-state index in [9.17, 15) is 0 Å². The summed E-state index contributed by atoms with van der Waals surface area (Å²) >= 11 is 0. The summed E-state index contributed by atoms with van der Waals surface area (Å²) in [5.41, 5.74) is 4.29. The smallest absolute Gasteiger partial charge is 0.193 e. The topological polar surface area (TPSA) is 32.6 Å². The Labute approximate surface area is 138 Å². The van der Waals surface area contributed by atoms with E-state index in [-0.39, 0.29) is 0 Å². The molecule has 0 spiro atoms. The fourth-order valence-electron chi connectivity index (χ4n) is 3.39. The van der Waals surface area contributed by atoms with Crippen molar-refractivity contribution < 1.29 is 0 Å². The predicted molar refractivity (Wildman–Crippen MR) is 95.6 cm³/mol. The Balaban J connectivity index is 1.53. The van der Waals surface area contributed by atoms with E-state index in [1.165, 1.54) is 29.7 Å². The molecule has 0 radical (unpaired) electrons. The van der Waals surface area contributed by atoms with E-state index >= 15 is 0 Å². The van der Waals surface area contributed by atoms with E-state index in [0.717, 1.165) is 19.0 Å². The molecule has 1 aromatic heterocycles. The van der Waals surface area contributed by atoms with Crippen LogP contribution < -0.4 is 5.32 Å². The van der Waals surface area contributed by atoms with Gasteiger partial charge in [0, 0.05) is 39.6 Å². The first-order valence-electron chi connectivity index (χ1n) is 8.26. The maximum Gasteiger partial charge on any atom is 0.193 e. The summed E-state index contributed by atoms with van der Waals surface area (Å²) in [6.45, 7) is 1.83. The van der Waals surface area contributed by atoms with Gasteiger partial charge in [-0.1, -0.05) is 24.3 Å². The fraction of sp³-hybridized carbons (Fsp3) is 0.421. The fourth-order valence-corrected chi connectivity index (χ4v) is 3.39. The number of aromatic nitrogens is 1. The number of guanidine groups is 1. The van der Waals surface area contributed by atoms with Gasteiger partial charge in [-0.25, -0.2) is 0 Å². The molecule has 0 saturated heterocycles. The Morgan fingerprint density at radius 3 is 2.48 bits per heavy atom. The lowest BCUT2D eigenvalue weighted by Gasteiger charge is -2.23. The van der Waals surface area contributed by atoms with Crippen LogP contribution in [-0.2, 0) is 26.4 Å². The first-order valence-corrected chi connectivity index (χ1v) is 8.26. The maximum atomic E-state index is 4.43. The molecular weight excluding hydrogens is 284 g/mol. The molecule has 4 heteroatoms. The van der Waals surface area contributed by atoms with Crippen LogP contribution in [0.4, 0.5) is 0 Å². The van der Waals surface area contributed by atoms with Gasteiger partial charge < -0.3 is 14.8 Å². The highest BCUT2D eigenvalue weighted by molar-refractivity contribution is 5.79. The van der Waals surface area contributed by atoms with Crippen LogP contribution in [0.2, 0.25) is 0 Å². The summed E-state index contributed by atoms with van der Waals surface area (Å²) in [7, 11) is 6.02. The normalized spacial score (nSPS) is 14.8. The van der Waals surface area contributed by atoms with Crippen molar-refractivity contribution in [2.75, 3.05) is 20.6 Å². The monoisotopic (exact) mass is 310 g/mol. The van der Waals surface area contributed by atoms with Crippen LogP contribution in [-0.4, -0.2) is 36.1 Å². The Hall–Kier alpha value is -2.23. The SMILES string of the molecule is CN=C(NCC1Cc2ccccc2C1)N(C)Cc1cccn1C. The van der Waals surface area contributed by atoms with Gasteiger partial charge in [0.1, 0.15) is 0 Å². The third-order valence-corrected chi connectivity index (χ3v) is 4.71. The van der Waals surface area contributed by atoms with Crippen LogP contribution >= 0.6 is 0 Å². The van der Waals surface area contributed by atoms with Crippen molar-refractivity contribution in [1.29, 1.82) is 0 Å². The number of aryl methyl sites for hydroxylation is 1. The van der Waals surface area contributed by atoms with Crippen LogP contribution in [0.15, 0.2) is 47.6 Å². The number of aliphatic imine (C=N–C) groups is 1. The highest BCUT2D eigenvalue weighted by atomic mass is 15.3. The largest absolute Gasteiger partial charge is 0.356 e. The van der Waals surface area contributed by atoms with Gasteiger partial charge in [0.05, 0.1) is 6.54 Å². The molecule has 0 atom stereocenters. The molecule has 0 fully saturated rings. The molecule has 4 nitrogen and oxygen atoms in total. The number of rotatable bonds is 4. The molecular formula is C19H26N4. The zero-order chi connectivity index (χ0) is 16.2. The molecule has 1 aromatic carbocycles. The summed E-state index contributed by atoms with van der Waals surface area (Å²) in [5, 5.41) is 3.54. The second-order valence-electron chi connectivity index (χ2n) is 6.44. The second-order valence-corrected chi connectivity index (χ2v) is 6.44. The van der Waals surface area contributed by atoms with Crippen LogP contribution in [0.5, 0.6) is 0 Å². The molecule has 0 amide bonds. The maximum absolute atomic E-state index is 4.43. The number of benzene rings is 1. The van der Waals surface area contributed by atoms with Crippen molar-refractivity contribution in [3.63, 3.8) is 0 Å². The standard InChI is InChI=1S/C19H26N4/c1-20-19(23(3)14-18-9-6-10-22(18)2)21-13-15-11-16-7-4-5-8-17(16)12-15/h4-10,15H,11-14H2,1-3H3,(H,20,21). The summed E-state index contributed by atoms with van der Waals surface area (Å²) in [5.74, 6) is 1.62. The highest BCUT2D eigenvalue weighted by Crippen LogP contribution is 2.25. The molecule has 122 valence electrons. The van der Waals surface area contributed by atoms with Gasteiger partial charge in [-0.05, 0) is 42.0 Å². The molecule has 0 bridgehead atoms. The number of hydrogen-bond donors (Lipinski definition) is 1. The van der Waals surface area contributed by atoms with Crippen LogP contribution in [0, 0.1) is 5.92 Å². The van der Waals surface area contributed by atoms with Crippen molar-refractivity contribution in [3.8, 4) is 0 Å². The first kappa shape index (κ1) is 15.7. The van der Waals surface area contributed by atoms with Crippen LogP contribution in [0.1, 0.15) is 16.8 Å². The number of nitrogens with zero attached hydrogens (tertiary/aromatic N) is 3. The second kappa shape index (κ2) is 6.90. The van der Waals surface area contributed by atoms with Gasteiger partial charge in [0.2, 0.25) is 0 Å². The third kappa shape index (κ3) is 3.58. The summed E-state index contributed by atoms with van der Waals surface area (Å²) in [4.78, 5) is 6.61. The third-order valence-electron chi connectivity index (χ3n) is 4.71. The van der Waals surface area contributed by atoms with Gasteiger partial charge in [0.15, 0.2) is 5.96 Å². The quantitative estimate of drug-likeness (QED) is 0.695. The Kier molecular flexibility index (Phi) is 4.70. The molecule has 1 aliphatic rings. The van der Waals surface area contributed by atoms with Crippen molar-refractivity contribution in [2.45, 2.75) is 19.4 Å². The average molecular weight is 310 g/mol. The minimum atomic E-state index is 0.660. The van der Waals surface area contributed by atoms with Crippen molar-refractivity contribution in [2.24, 2.45) is 18.0 Å². The van der Waals surface area contributed by atoms with E-state index in [4.69, 9.17) is 0 Å². The molecule has 2 aromatic rings. The molecule has 1 heterocycles.